The molecule has 4 rings (SSSR count). The number of ether oxygens (including phenoxy) is 3. The second-order valence-corrected chi connectivity index (χ2v) is 8.21. The number of hydrogen-bond donors (Lipinski definition) is 2. The molecule has 3 aromatic carbocycles. The average Bonchev–Trinajstić information content (AvgIpc) is 3.25. The molecule has 190 valence electrons. The summed E-state index contributed by atoms with van der Waals surface area (Å²) in [4.78, 5) is 33.8. The molecule has 0 bridgehead atoms. The van der Waals surface area contributed by atoms with Crippen molar-refractivity contribution >= 4 is 34.4 Å². The minimum atomic E-state index is -0.843. The number of rotatable bonds is 8. The molecule has 1 heterocycles. The Kier molecular flexibility index (Phi) is 7.85. The van der Waals surface area contributed by atoms with Gasteiger partial charge in [0.05, 0.1) is 36.2 Å². The lowest BCUT2D eigenvalue weighted by Crippen LogP contribution is -2.29. The van der Waals surface area contributed by atoms with Crippen LogP contribution in [0.5, 0.6) is 11.6 Å². The van der Waals surface area contributed by atoms with E-state index in [0.29, 0.717) is 46.6 Å². The molecule has 0 aliphatic heterocycles. The summed E-state index contributed by atoms with van der Waals surface area (Å²) in [6.45, 7) is 0.896. The van der Waals surface area contributed by atoms with Crippen LogP contribution in [0.3, 0.4) is 0 Å². The largest absolute Gasteiger partial charge is 0.513 e. The molecule has 0 aliphatic rings. The lowest BCUT2D eigenvalue weighted by molar-refractivity contribution is 0.0744. The molecule has 9 heteroatoms. The van der Waals surface area contributed by atoms with Crippen LogP contribution in [0.15, 0.2) is 77.8 Å². The molecule has 0 saturated heterocycles. The summed E-state index contributed by atoms with van der Waals surface area (Å²) >= 11 is 0. The number of aromatic nitrogens is 1. The van der Waals surface area contributed by atoms with Crippen molar-refractivity contribution in [1.82, 2.24) is 9.88 Å². The average molecular weight is 502 g/mol. The minimum Gasteiger partial charge on any atom is -0.494 e. The van der Waals surface area contributed by atoms with Gasteiger partial charge < -0.3 is 29.2 Å². The van der Waals surface area contributed by atoms with Crippen molar-refractivity contribution in [2.75, 3.05) is 34.4 Å². The first-order chi connectivity index (χ1) is 17.9. The lowest BCUT2D eigenvalue weighted by Gasteiger charge is -2.16. The number of fused-ring (bicyclic) bond motifs is 1. The summed E-state index contributed by atoms with van der Waals surface area (Å²) in [6, 6.07) is 21.4. The molecule has 1 amide bonds. The Balaban J connectivity index is 1.79. The summed E-state index contributed by atoms with van der Waals surface area (Å²) in [5.74, 6) is 0.0111. The zero-order valence-electron chi connectivity index (χ0n) is 20.7. The quantitative estimate of drug-likeness (QED) is 0.202. The van der Waals surface area contributed by atoms with Gasteiger partial charge in [-0.3, -0.25) is 4.79 Å². The van der Waals surface area contributed by atoms with E-state index in [2.05, 4.69) is 9.72 Å². The van der Waals surface area contributed by atoms with E-state index in [1.54, 1.807) is 61.5 Å². The highest BCUT2D eigenvalue weighted by Gasteiger charge is 2.20. The van der Waals surface area contributed by atoms with Gasteiger partial charge in [-0.15, -0.1) is 0 Å². The van der Waals surface area contributed by atoms with Crippen LogP contribution in [0, 0.1) is 0 Å². The Morgan fingerprint density at radius 2 is 1.73 bits per heavy atom. The molecule has 2 N–H and O–H groups in total. The van der Waals surface area contributed by atoms with E-state index in [-0.39, 0.29) is 17.5 Å². The number of hydrogen-bond acceptors (Lipinski definition) is 7. The van der Waals surface area contributed by atoms with Crippen LogP contribution in [0.2, 0.25) is 0 Å². The van der Waals surface area contributed by atoms with Crippen LogP contribution in [0.25, 0.3) is 10.9 Å². The van der Waals surface area contributed by atoms with Crippen molar-refractivity contribution in [2.24, 2.45) is 4.99 Å². The number of methoxy groups -OCH3 is 2. The Morgan fingerprint density at radius 1 is 0.973 bits per heavy atom. The Labute approximate surface area is 213 Å². The van der Waals surface area contributed by atoms with E-state index in [9.17, 15) is 14.7 Å². The molecule has 0 saturated carbocycles. The highest BCUT2D eigenvalue weighted by atomic mass is 16.7. The molecule has 0 radical (unpaired) electrons. The molecule has 37 heavy (non-hydrogen) atoms. The maximum Gasteiger partial charge on any atom is 0.513 e. The lowest BCUT2D eigenvalue weighted by atomic mass is 10.0. The van der Waals surface area contributed by atoms with Crippen molar-refractivity contribution in [1.29, 1.82) is 0 Å². The Bertz CT molecular complexity index is 1450. The van der Waals surface area contributed by atoms with Crippen LogP contribution >= 0.6 is 0 Å². The van der Waals surface area contributed by atoms with Crippen LogP contribution < -0.4 is 4.74 Å². The molecule has 0 atom stereocenters. The fraction of sp³-hybridized carbons (Fsp3) is 0.179. The van der Waals surface area contributed by atoms with Crippen molar-refractivity contribution in [2.45, 2.75) is 0 Å². The number of aromatic amines is 1. The Hall–Kier alpha value is -4.63. The maximum absolute atomic E-state index is 12.9. The first kappa shape index (κ1) is 25.5. The van der Waals surface area contributed by atoms with Crippen molar-refractivity contribution in [3.05, 3.63) is 89.5 Å². The summed E-state index contributed by atoms with van der Waals surface area (Å²) in [5, 5.41) is 11.6. The van der Waals surface area contributed by atoms with Crippen LogP contribution in [0.1, 0.15) is 21.5 Å². The maximum atomic E-state index is 12.9. The summed E-state index contributed by atoms with van der Waals surface area (Å²) in [7, 11) is 4.53. The number of nitrogens with zero attached hydrogens (tertiary/aromatic N) is 2. The van der Waals surface area contributed by atoms with E-state index in [4.69, 9.17) is 14.5 Å². The van der Waals surface area contributed by atoms with Crippen molar-refractivity contribution < 1.29 is 28.9 Å². The highest BCUT2D eigenvalue weighted by molar-refractivity contribution is 6.22. The first-order valence-electron chi connectivity index (χ1n) is 11.5. The summed E-state index contributed by atoms with van der Waals surface area (Å²) in [6.07, 6.45) is -0.843. The fourth-order valence-electron chi connectivity index (χ4n) is 3.85. The van der Waals surface area contributed by atoms with Gasteiger partial charge in [-0.25, -0.2) is 9.79 Å². The van der Waals surface area contributed by atoms with Gasteiger partial charge in [-0.05, 0) is 30.3 Å². The van der Waals surface area contributed by atoms with Crippen LogP contribution in [0.4, 0.5) is 10.5 Å². The Morgan fingerprint density at radius 3 is 2.46 bits per heavy atom. The van der Waals surface area contributed by atoms with Gasteiger partial charge >= 0.3 is 6.16 Å². The number of amides is 1. The predicted molar refractivity (Wildman–Crippen MR) is 140 cm³/mol. The SMILES string of the molecule is COCCN(C)C(=O)c1cccc(N=C(c2ccccc2)c2c(O)[nH]c3cc(OC(=O)OC)ccc23)c1. The number of benzene rings is 3. The standard InChI is InChI=1S/C28H27N3O6/c1-31(14-15-35-2)27(33)19-10-7-11-20(16-19)29-25(18-8-5-4-6-9-18)24-22-13-12-21(37-28(34)36-3)17-23(22)30-26(24)32/h4-13,16-17,30,32H,14-15H2,1-3H3. The first-order valence-corrected chi connectivity index (χ1v) is 11.5. The molecule has 0 unspecified atom stereocenters. The van der Waals surface area contributed by atoms with Crippen LogP contribution in [-0.4, -0.2) is 67.2 Å². The highest BCUT2D eigenvalue weighted by Crippen LogP contribution is 2.33. The second kappa shape index (κ2) is 11.4. The molecular formula is C28H27N3O6. The third kappa shape index (κ3) is 5.79. The molecule has 4 aromatic rings. The van der Waals surface area contributed by atoms with E-state index in [1.165, 1.54) is 7.11 Å². The summed E-state index contributed by atoms with van der Waals surface area (Å²) in [5.41, 5.74) is 3.32. The molecular weight excluding hydrogens is 474 g/mol. The predicted octanol–water partition coefficient (Wildman–Crippen LogP) is 4.91. The van der Waals surface area contributed by atoms with E-state index >= 15 is 0 Å². The van der Waals surface area contributed by atoms with Crippen LogP contribution in [-0.2, 0) is 9.47 Å². The zero-order valence-corrected chi connectivity index (χ0v) is 20.7. The monoisotopic (exact) mass is 501 g/mol. The topological polar surface area (TPSA) is 113 Å². The smallest absolute Gasteiger partial charge is 0.494 e. The van der Waals surface area contributed by atoms with Crippen molar-refractivity contribution in [3.63, 3.8) is 0 Å². The van der Waals surface area contributed by atoms with Crippen molar-refractivity contribution in [3.8, 4) is 11.6 Å². The molecule has 0 aliphatic carbocycles. The third-order valence-electron chi connectivity index (χ3n) is 5.71. The number of carbonyl (C=O) groups is 2. The number of aromatic hydroxyl groups is 1. The normalized spacial score (nSPS) is 11.4. The van der Waals surface area contributed by atoms with Gasteiger partial charge in [0.25, 0.3) is 5.91 Å². The fourth-order valence-corrected chi connectivity index (χ4v) is 3.85. The molecule has 1 aromatic heterocycles. The molecule has 9 nitrogen and oxygen atoms in total. The van der Waals surface area contributed by atoms with Gasteiger partial charge in [-0.1, -0.05) is 36.4 Å². The number of H-pyrrole nitrogens is 1. The number of carbonyl (C=O) groups excluding carboxylic acids is 2. The van der Waals surface area contributed by atoms with Gasteiger partial charge in [-0.2, -0.15) is 0 Å². The second-order valence-electron chi connectivity index (χ2n) is 8.21. The van der Waals surface area contributed by atoms with E-state index in [1.807, 2.05) is 30.3 Å². The van der Waals surface area contributed by atoms with Gasteiger partial charge in [0.15, 0.2) is 5.88 Å². The van der Waals surface area contributed by atoms with Gasteiger partial charge in [0.2, 0.25) is 0 Å². The van der Waals surface area contributed by atoms with Gasteiger partial charge in [0, 0.05) is 43.3 Å². The minimum absolute atomic E-state index is 0.0978. The van der Waals surface area contributed by atoms with E-state index < -0.39 is 6.16 Å². The van der Waals surface area contributed by atoms with E-state index in [0.717, 1.165) is 5.56 Å². The summed E-state index contributed by atoms with van der Waals surface area (Å²) < 4.78 is 14.7. The zero-order chi connectivity index (χ0) is 26.4. The number of aliphatic imine (C=N–C) groups is 1. The van der Waals surface area contributed by atoms with Gasteiger partial charge in [0.1, 0.15) is 5.75 Å². The number of nitrogens with one attached hydrogen (secondary N) is 1. The molecule has 0 fully saturated rings. The number of likely N-dealkylation sites (N-methyl/N-ethyl adjacent to an activating group) is 1. The third-order valence-corrected chi connectivity index (χ3v) is 5.71. The molecule has 0 spiro atoms.